The lowest BCUT2D eigenvalue weighted by molar-refractivity contribution is -0.120. The van der Waals surface area contributed by atoms with Crippen molar-refractivity contribution in [3.8, 4) is 0 Å². The summed E-state index contributed by atoms with van der Waals surface area (Å²) >= 11 is 0. The van der Waals surface area contributed by atoms with Gasteiger partial charge < -0.3 is 4.57 Å². The molecule has 0 fully saturated rings. The Kier molecular flexibility index (Phi) is 3.77. The van der Waals surface area contributed by atoms with E-state index in [-0.39, 0.29) is 23.3 Å². The summed E-state index contributed by atoms with van der Waals surface area (Å²) < 4.78 is 28.4. The average molecular weight is 320 g/mol. The van der Waals surface area contributed by atoms with Crippen LogP contribution < -0.4 is 5.32 Å². The van der Waals surface area contributed by atoms with Gasteiger partial charge in [0.05, 0.1) is 17.4 Å². The molecular formula is C14H14F2N6O. The van der Waals surface area contributed by atoms with Gasteiger partial charge in [0.1, 0.15) is 12.4 Å². The van der Waals surface area contributed by atoms with E-state index in [2.05, 4.69) is 25.5 Å². The number of anilines is 1. The van der Waals surface area contributed by atoms with Crippen molar-refractivity contribution in [3.63, 3.8) is 0 Å². The van der Waals surface area contributed by atoms with Crippen LogP contribution in [0.2, 0.25) is 0 Å². The first-order valence-corrected chi connectivity index (χ1v) is 6.95. The Morgan fingerprint density at radius 2 is 2.00 bits per heavy atom. The van der Waals surface area contributed by atoms with Gasteiger partial charge >= 0.3 is 0 Å². The van der Waals surface area contributed by atoms with E-state index in [0.717, 1.165) is 12.1 Å². The molecule has 0 radical (unpaired) electrons. The number of imidazole rings is 1. The molecule has 0 aliphatic carbocycles. The molecule has 0 saturated heterocycles. The molecule has 0 aliphatic heterocycles. The number of nitrogens with one attached hydrogen (secondary N) is 2. The van der Waals surface area contributed by atoms with Crippen LogP contribution in [0.15, 0.2) is 24.8 Å². The van der Waals surface area contributed by atoms with Crippen LogP contribution in [0.1, 0.15) is 19.9 Å². The largest absolute Gasteiger partial charge is 0.318 e. The number of amides is 1. The van der Waals surface area contributed by atoms with Gasteiger partial charge in [0, 0.05) is 12.1 Å². The molecule has 1 amide bonds. The maximum atomic E-state index is 13.5. The van der Waals surface area contributed by atoms with E-state index in [1.54, 1.807) is 0 Å². The third-order valence-corrected chi connectivity index (χ3v) is 3.47. The fourth-order valence-corrected chi connectivity index (χ4v) is 2.45. The first-order valence-electron chi connectivity index (χ1n) is 6.95. The van der Waals surface area contributed by atoms with Crippen LogP contribution in [0, 0.1) is 17.6 Å². The Morgan fingerprint density at radius 1 is 1.26 bits per heavy atom. The molecule has 3 rings (SSSR count). The van der Waals surface area contributed by atoms with Crippen molar-refractivity contribution >= 4 is 22.9 Å². The SMILES string of the molecule is CC(C)C(C(=O)Nc1ncn[nH]1)n1cnc2cc(F)c(F)cc21. The lowest BCUT2D eigenvalue weighted by atomic mass is 10.0. The molecule has 2 N–H and O–H groups in total. The van der Waals surface area contributed by atoms with Crippen molar-refractivity contribution < 1.29 is 13.6 Å². The van der Waals surface area contributed by atoms with Crippen molar-refractivity contribution in [1.29, 1.82) is 0 Å². The van der Waals surface area contributed by atoms with E-state index < -0.39 is 17.7 Å². The van der Waals surface area contributed by atoms with Crippen molar-refractivity contribution in [3.05, 3.63) is 36.4 Å². The molecule has 2 heterocycles. The van der Waals surface area contributed by atoms with Gasteiger partial charge in [-0.2, -0.15) is 10.1 Å². The van der Waals surface area contributed by atoms with Gasteiger partial charge in [-0.15, -0.1) is 0 Å². The Bertz CT molecular complexity index is 842. The highest BCUT2D eigenvalue weighted by molar-refractivity contribution is 5.93. The molecular weight excluding hydrogens is 306 g/mol. The smallest absolute Gasteiger partial charge is 0.250 e. The summed E-state index contributed by atoms with van der Waals surface area (Å²) in [4.78, 5) is 20.4. The van der Waals surface area contributed by atoms with Crippen LogP contribution in [0.25, 0.3) is 11.0 Å². The Hall–Kier alpha value is -2.84. The summed E-state index contributed by atoms with van der Waals surface area (Å²) in [6, 6.07) is 1.37. The Morgan fingerprint density at radius 3 is 2.65 bits per heavy atom. The van der Waals surface area contributed by atoms with Gasteiger partial charge in [-0.1, -0.05) is 13.8 Å². The molecule has 2 aromatic heterocycles. The predicted octanol–water partition coefficient (Wildman–Crippen LogP) is 2.27. The van der Waals surface area contributed by atoms with E-state index in [0.29, 0.717) is 5.52 Å². The number of aromatic amines is 1. The van der Waals surface area contributed by atoms with Gasteiger partial charge in [0.15, 0.2) is 11.6 Å². The van der Waals surface area contributed by atoms with Gasteiger partial charge in [0.2, 0.25) is 11.9 Å². The van der Waals surface area contributed by atoms with Crippen molar-refractivity contribution in [2.75, 3.05) is 5.32 Å². The van der Waals surface area contributed by atoms with Crippen LogP contribution in [-0.2, 0) is 4.79 Å². The quantitative estimate of drug-likeness (QED) is 0.772. The number of hydrogen-bond acceptors (Lipinski definition) is 4. The van der Waals surface area contributed by atoms with E-state index in [4.69, 9.17) is 0 Å². The zero-order valence-electron chi connectivity index (χ0n) is 12.4. The third-order valence-electron chi connectivity index (χ3n) is 3.47. The number of carbonyl (C=O) groups excluding carboxylic acids is 1. The fourth-order valence-electron chi connectivity index (χ4n) is 2.45. The molecule has 120 valence electrons. The van der Waals surface area contributed by atoms with Crippen LogP contribution >= 0.6 is 0 Å². The minimum atomic E-state index is -0.989. The number of rotatable bonds is 4. The number of nitrogens with zero attached hydrogens (tertiary/aromatic N) is 4. The average Bonchev–Trinajstić information content (AvgIpc) is 3.11. The molecule has 1 aromatic carbocycles. The number of carbonyl (C=O) groups is 1. The van der Waals surface area contributed by atoms with E-state index in [9.17, 15) is 13.6 Å². The van der Waals surface area contributed by atoms with E-state index in [1.165, 1.54) is 17.2 Å². The molecule has 7 nitrogen and oxygen atoms in total. The lowest BCUT2D eigenvalue weighted by Gasteiger charge is -2.21. The van der Waals surface area contributed by atoms with Gasteiger partial charge in [0.25, 0.3) is 0 Å². The zero-order chi connectivity index (χ0) is 16.6. The molecule has 0 spiro atoms. The van der Waals surface area contributed by atoms with Crippen LogP contribution in [0.5, 0.6) is 0 Å². The molecule has 0 aliphatic rings. The number of hydrogen-bond donors (Lipinski definition) is 2. The van der Waals surface area contributed by atoms with Gasteiger partial charge in [-0.25, -0.2) is 18.9 Å². The van der Waals surface area contributed by atoms with E-state index in [1.807, 2.05) is 13.8 Å². The normalized spacial score (nSPS) is 12.7. The van der Waals surface area contributed by atoms with Gasteiger partial charge in [-0.05, 0) is 5.92 Å². The number of fused-ring (bicyclic) bond motifs is 1. The Balaban J connectivity index is 2.01. The van der Waals surface area contributed by atoms with Crippen LogP contribution in [0.3, 0.4) is 0 Å². The number of aromatic nitrogens is 5. The molecule has 1 unspecified atom stereocenters. The number of halogens is 2. The number of H-pyrrole nitrogens is 1. The highest BCUT2D eigenvalue weighted by atomic mass is 19.2. The summed E-state index contributed by atoms with van der Waals surface area (Å²) in [5.41, 5.74) is 0.623. The fraction of sp³-hybridized carbons (Fsp3) is 0.286. The summed E-state index contributed by atoms with van der Waals surface area (Å²) in [6.45, 7) is 3.69. The van der Waals surface area contributed by atoms with Crippen molar-refractivity contribution in [2.24, 2.45) is 5.92 Å². The predicted molar refractivity (Wildman–Crippen MR) is 78.5 cm³/mol. The Labute approximate surface area is 129 Å². The second kappa shape index (κ2) is 5.75. The summed E-state index contributed by atoms with van der Waals surface area (Å²) in [5.74, 6) is -2.24. The maximum Gasteiger partial charge on any atom is 0.250 e. The van der Waals surface area contributed by atoms with E-state index >= 15 is 0 Å². The summed E-state index contributed by atoms with van der Waals surface area (Å²) in [7, 11) is 0. The summed E-state index contributed by atoms with van der Waals surface area (Å²) in [5, 5.41) is 8.78. The standard InChI is InChI=1S/C14H14F2N6O/c1-7(2)12(13(23)20-14-17-5-19-21-14)22-6-18-10-3-8(15)9(16)4-11(10)22/h3-7,12H,1-2H3,(H2,17,19,20,21,23). The van der Waals surface area contributed by atoms with Crippen molar-refractivity contribution in [2.45, 2.75) is 19.9 Å². The molecule has 1 atom stereocenters. The topological polar surface area (TPSA) is 88.5 Å². The summed E-state index contributed by atoms with van der Waals surface area (Å²) in [6.07, 6.45) is 2.67. The molecule has 0 bridgehead atoms. The number of benzene rings is 1. The van der Waals surface area contributed by atoms with Crippen molar-refractivity contribution in [1.82, 2.24) is 24.7 Å². The lowest BCUT2D eigenvalue weighted by Crippen LogP contribution is -2.30. The molecule has 23 heavy (non-hydrogen) atoms. The van der Waals surface area contributed by atoms with Gasteiger partial charge in [-0.3, -0.25) is 10.1 Å². The minimum Gasteiger partial charge on any atom is -0.318 e. The highest BCUT2D eigenvalue weighted by Gasteiger charge is 2.26. The maximum absolute atomic E-state index is 13.5. The second-order valence-corrected chi connectivity index (χ2v) is 5.42. The van der Waals surface area contributed by atoms with Crippen LogP contribution in [-0.4, -0.2) is 30.6 Å². The molecule has 0 saturated carbocycles. The minimum absolute atomic E-state index is 0.122. The highest BCUT2D eigenvalue weighted by Crippen LogP contribution is 2.26. The monoisotopic (exact) mass is 320 g/mol. The molecule has 3 aromatic rings. The second-order valence-electron chi connectivity index (χ2n) is 5.42. The zero-order valence-corrected chi connectivity index (χ0v) is 12.4. The first kappa shape index (κ1) is 15.1. The molecule has 9 heteroatoms. The third kappa shape index (κ3) is 2.77. The first-order chi connectivity index (χ1) is 11.0. The van der Waals surface area contributed by atoms with Crippen LogP contribution in [0.4, 0.5) is 14.7 Å².